The van der Waals surface area contributed by atoms with Gasteiger partial charge >= 0.3 is 5.97 Å². The molecule has 1 aliphatic heterocycles. The molecule has 0 radical (unpaired) electrons. The molecule has 1 heterocycles. The molecule has 0 N–H and O–H groups in total. The Morgan fingerprint density at radius 2 is 1.57 bits per heavy atom. The molecule has 6 nitrogen and oxygen atoms in total. The fourth-order valence-electron chi connectivity index (χ4n) is 3.03. The largest absolute Gasteiger partial charge is 0.489 e. The van der Waals surface area contributed by atoms with E-state index >= 15 is 0 Å². The first kappa shape index (κ1) is 19.5. The summed E-state index contributed by atoms with van der Waals surface area (Å²) in [6, 6.07) is 21.3. The van der Waals surface area contributed by atoms with Crippen LogP contribution in [0.4, 0.5) is 0 Å². The third kappa shape index (κ3) is 4.60. The number of hydrogen-bond donors (Lipinski definition) is 0. The minimum absolute atomic E-state index is 0.214. The van der Waals surface area contributed by atoms with E-state index in [9.17, 15) is 9.59 Å². The second-order valence-corrected chi connectivity index (χ2v) is 6.62. The number of Topliss-reactive ketones (excluding diaryl/α,β-unsaturated/α-hetero) is 1. The maximum Gasteiger partial charge on any atom is 0.338 e. The van der Waals surface area contributed by atoms with Gasteiger partial charge in [0, 0.05) is 11.1 Å². The standard InChI is InChI=1S/C24H20O6/c25-21(17-10-11-22-23(14-17)28-13-12-27-22)16-30-24(26)20-9-5-4-6-18(20)15-29-19-7-2-1-3-8-19/h1-11,14H,12-13,15-16H2. The lowest BCUT2D eigenvalue weighted by Crippen LogP contribution is -2.18. The molecule has 0 aliphatic carbocycles. The zero-order chi connectivity index (χ0) is 20.8. The van der Waals surface area contributed by atoms with E-state index in [1.807, 2.05) is 36.4 Å². The monoisotopic (exact) mass is 404 g/mol. The summed E-state index contributed by atoms with van der Waals surface area (Å²) in [6.07, 6.45) is 0. The second-order valence-electron chi connectivity index (χ2n) is 6.62. The van der Waals surface area contributed by atoms with E-state index in [1.165, 1.54) is 0 Å². The molecule has 152 valence electrons. The average Bonchev–Trinajstić information content (AvgIpc) is 2.81. The third-order valence-electron chi connectivity index (χ3n) is 4.57. The Morgan fingerprint density at radius 3 is 2.40 bits per heavy atom. The maximum absolute atomic E-state index is 12.6. The van der Waals surface area contributed by atoms with E-state index in [1.54, 1.807) is 36.4 Å². The topological polar surface area (TPSA) is 71.1 Å². The molecule has 1 aliphatic rings. The van der Waals surface area contributed by atoms with E-state index in [4.69, 9.17) is 18.9 Å². The van der Waals surface area contributed by atoms with Crippen molar-refractivity contribution in [3.05, 3.63) is 89.5 Å². The molecular weight excluding hydrogens is 384 g/mol. The first-order chi connectivity index (χ1) is 14.7. The van der Waals surface area contributed by atoms with E-state index in [2.05, 4.69) is 0 Å². The summed E-state index contributed by atoms with van der Waals surface area (Å²) in [5.74, 6) is 0.921. The lowest BCUT2D eigenvalue weighted by atomic mass is 10.1. The van der Waals surface area contributed by atoms with Crippen molar-refractivity contribution >= 4 is 11.8 Å². The van der Waals surface area contributed by atoms with Crippen LogP contribution < -0.4 is 14.2 Å². The van der Waals surface area contributed by atoms with Crippen LogP contribution in [-0.4, -0.2) is 31.6 Å². The molecule has 0 atom stereocenters. The molecule has 3 aromatic carbocycles. The lowest BCUT2D eigenvalue weighted by molar-refractivity contribution is 0.0472. The highest BCUT2D eigenvalue weighted by Crippen LogP contribution is 2.30. The molecule has 0 bridgehead atoms. The number of carbonyl (C=O) groups is 2. The minimum atomic E-state index is -0.576. The minimum Gasteiger partial charge on any atom is -0.489 e. The van der Waals surface area contributed by atoms with Crippen LogP contribution in [0, 0.1) is 0 Å². The number of ketones is 1. The average molecular weight is 404 g/mol. The smallest absolute Gasteiger partial charge is 0.338 e. The van der Waals surface area contributed by atoms with Gasteiger partial charge in [0.15, 0.2) is 23.9 Å². The Balaban J connectivity index is 1.39. The number of carbonyl (C=O) groups excluding carboxylic acids is 2. The zero-order valence-electron chi connectivity index (χ0n) is 16.2. The normalized spacial score (nSPS) is 12.1. The summed E-state index contributed by atoms with van der Waals surface area (Å²) in [6.45, 7) is 0.754. The van der Waals surface area contributed by atoms with Gasteiger partial charge in [0.1, 0.15) is 25.6 Å². The van der Waals surface area contributed by atoms with Crippen LogP contribution in [0.15, 0.2) is 72.8 Å². The van der Waals surface area contributed by atoms with E-state index in [0.29, 0.717) is 47.2 Å². The van der Waals surface area contributed by atoms with Crippen molar-refractivity contribution in [2.75, 3.05) is 19.8 Å². The highest BCUT2D eigenvalue weighted by Gasteiger charge is 2.18. The van der Waals surface area contributed by atoms with Crippen LogP contribution in [0.1, 0.15) is 26.3 Å². The predicted octanol–water partition coefficient (Wildman–Crippen LogP) is 4.08. The van der Waals surface area contributed by atoms with E-state index < -0.39 is 5.97 Å². The van der Waals surface area contributed by atoms with Crippen molar-refractivity contribution < 1.29 is 28.5 Å². The molecule has 3 aromatic rings. The second kappa shape index (κ2) is 9.13. The van der Waals surface area contributed by atoms with Gasteiger partial charge in [-0.15, -0.1) is 0 Å². The van der Waals surface area contributed by atoms with Gasteiger partial charge in [-0.3, -0.25) is 4.79 Å². The van der Waals surface area contributed by atoms with Crippen LogP contribution >= 0.6 is 0 Å². The molecular formula is C24H20O6. The molecule has 0 aromatic heterocycles. The third-order valence-corrected chi connectivity index (χ3v) is 4.57. The Morgan fingerprint density at radius 1 is 0.833 bits per heavy atom. The van der Waals surface area contributed by atoms with Crippen molar-refractivity contribution in [3.8, 4) is 17.2 Å². The highest BCUT2D eigenvalue weighted by molar-refractivity contribution is 6.00. The molecule has 0 unspecified atom stereocenters. The molecule has 0 amide bonds. The van der Waals surface area contributed by atoms with Crippen LogP contribution in [0.25, 0.3) is 0 Å². The van der Waals surface area contributed by atoms with Gasteiger partial charge in [-0.2, -0.15) is 0 Å². The Labute approximate surface area is 174 Å². The highest BCUT2D eigenvalue weighted by atomic mass is 16.6. The van der Waals surface area contributed by atoms with Crippen LogP contribution in [0.3, 0.4) is 0 Å². The molecule has 0 fully saturated rings. The van der Waals surface area contributed by atoms with Gasteiger partial charge in [0.05, 0.1) is 5.56 Å². The first-order valence-electron chi connectivity index (χ1n) is 9.56. The van der Waals surface area contributed by atoms with Crippen LogP contribution in [-0.2, 0) is 11.3 Å². The van der Waals surface area contributed by atoms with Gasteiger partial charge in [0.25, 0.3) is 0 Å². The fraction of sp³-hybridized carbons (Fsp3) is 0.167. The summed E-state index contributed by atoms with van der Waals surface area (Å²) < 4.78 is 21.9. The summed E-state index contributed by atoms with van der Waals surface area (Å²) >= 11 is 0. The fourth-order valence-corrected chi connectivity index (χ4v) is 3.03. The van der Waals surface area contributed by atoms with Gasteiger partial charge in [-0.05, 0) is 36.4 Å². The van der Waals surface area contributed by atoms with Crippen molar-refractivity contribution in [1.29, 1.82) is 0 Å². The van der Waals surface area contributed by atoms with Crippen molar-refractivity contribution in [3.63, 3.8) is 0 Å². The molecule has 0 spiro atoms. The van der Waals surface area contributed by atoms with Crippen molar-refractivity contribution in [2.24, 2.45) is 0 Å². The summed E-state index contributed by atoms with van der Waals surface area (Å²) in [5, 5.41) is 0. The maximum atomic E-state index is 12.6. The van der Waals surface area contributed by atoms with Crippen LogP contribution in [0.2, 0.25) is 0 Å². The molecule has 30 heavy (non-hydrogen) atoms. The summed E-state index contributed by atoms with van der Waals surface area (Å²) in [4.78, 5) is 25.0. The molecule has 6 heteroatoms. The summed E-state index contributed by atoms with van der Waals surface area (Å²) in [7, 11) is 0. The molecule has 4 rings (SSSR count). The number of hydrogen-bond acceptors (Lipinski definition) is 6. The van der Waals surface area contributed by atoms with Gasteiger partial charge in [-0.1, -0.05) is 36.4 Å². The molecule has 0 saturated heterocycles. The predicted molar refractivity (Wildman–Crippen MR) is 109 cm³/mol. The summed E-state index contributed by atoms with van der Waals surface area (Å²) in [5.41, 5.74) is 1.44. The molecule has 0 saturated carbocycles. The lowest BCUT2D eigenvalue weighted by Gasteiger charge is -2.18. The SMILES string of the molecule is O=C(COC(=O)c1ccccc1COc1ccccc1)c1ccc2c(c1)OCCO2. The first-order valence-corrected chi connectivity index (χ1v) is 9.56. The number of ether oxygens (including phenoxy) is 4. The number of esters is 1. The van der Waals surface area contributed by atoms with Gasteiger partial charge < -0.3 is 18.9 Å². The number of para-hydroxylation sites is 1. The van der Waals surface area contributed by atoms with Crippen LogP contribution in [0.5, 0.6) is 17.2 Å². The quantitative estimate of drug-likeness (QED) is 0.437. The number of fused-ring (bicyclic) bond motifs is 1. The Bertz CT molecular complexity index is 1040. The number of benzene rings is 3. The zero-order valence-corrected chi connectivity index (χ0v) is 16.2. The van der Waals surface area contributed by atoms with Gasteiger partial charge in [0.2, 0.25) is 0 Å². The van der Waals surface area contributed by atoms with E-state index in [-0.39, 0.29) is 19.0 Å². The van der Waals surface area contributed by atoms with Gasteiger partial charge in [-0.25, -0.2) is 4.79 Å². The van der Waals surface area contributed by atoms with E-state index in [0.717, 1.165) is 0 Å². The Hall–Kier alpha value is -3.80. The Kier molecular flexibility index (Phi) is 5.94. The van der Waals surface area contributed by atoms with Crippen molar-refractivity contribution in [1.82, 2.24) is 0 Å². The van der Waals surface area contributed by atoms with Crippen molar-refractivity contribution in [2.45, 2.75) is 6.61 Å². The number of rotatable bonds is 7.